The number of likely N-dealkylation sites (tertiary alicyclic amines) is 1. The number of hydrogen-bond donors (Lipinski definition) is 1. The fourth-order valence-electron chi connectivity index (χ4n) is 3.90. The molecule has 3 rings (SSSR count). The van der Waals surface area contributed by atoms with Crippen LogP contribution in [0.15, 0.2) is 18.2 Å². The largest absolute Gasteiger partial charge is 0.478 e. The van der Waals surface area contributed by atoms with E-state index in [1.807, 2.05) is 38.4 Å². The number of benzene rings is 1. The fraction of sp³-hybridized carbons (Fsp3) is 0.591. The van der Waals surface area contributed by atoms with Crippen molar-refractivity contribution in [1.29, 1.82) is 0 Å². The molecule has 1 amide bonds. The van der Waals surface area contributed by atoms with Crippen molar-refractivity contribution in [2.75, 3.05) is 13.1 Å². The minimum Gasteiger partial charge on any atom is -0.478 e. The van der Waals surface area contributed by atoms with E-state index in [0.29, 0.717) is 5.92 Å². The number of amides is 1. The first-order valence-electron chi connectivity index (χ1n) is 10.3. The normalized spacial score (nSPS) is 15.7. The molecule has 1 aromatic carbocycles. The molecule has 2 aromatic rings. The van der Waals surface area contributed by atoms with Crippen molar-refractivity contribution in [3.8, 4) is 0 Å². The molecule has 0 bridgehead atoms. The Morgan fingerprint density at radius 3 is 2.55 bits per heavy atom. The lowest BCUT2D eigenvalue weighted by Gasteiger charge is -2.33. The lowest BCUT2D eigenvalue weighted by atomic mass is 9.92. The third kappa shape index (κ3) is 5.28. The number of carbonyl (C=O) groups is 2. The molecule has 1 fully saturated rings. The number of fused-ring (bicyclic) bond motifs is 1. The van der Waals surface area contributed by atoms with Crippen LogP contribution in [0.2, 0.25) is 0 Å². The second-order valence-corrected chi connectivity index (χ2v) is 8.90. The lowest BCUT2D eigenvalue weighted by Crippen LogP contribution is -2.41. The molecule has 0 spiro atoms. The standard InChI is InChI=1S/C22H31N3O4/c1-15-18-8-7-17(20(26)27)14-19(18)25(23-15)11-5-6-16-9-12-24(13-10-16)21(28)29-22(2,3)4/h7-8,14,16H,5-6,9-13H2,1-4H3,(H,26,27). The van der Waals surface area contributed by atoms with Gasteiger partial charge in [0, 0.05) is 25.0 Å². The molecule has 0 unspecified atom stereocenters. The maximum absolute atomic E-state index is 12.2. The van der Waals surface area contributed by atoms with Crippen LogP contribution < -0.4 is 0 Å². The predicted octanol–water partition coefficient (Wildman–Crippen LogP) is 4.47. The minimum atomic E-state index is -0.922. The quantitative estimate of drug-likeness (QED) is 0.799. The average molecular weight is 402 g/mol. The molecule has 7 nitrogen and oxygen atoms in total. The van der Waals surface area contributed by atoms with Crippen LogP contribution in [0.1, 0.15) is 62.5 Å². The van der Waals surface area contributed by atoms with Gasteiger partial charge in [-0.15, -0.1) is 0 Å². The Balaban J connectivity index is 1.52. The maximum Gasteiger partial charge on any atom is 0.410 e. The number of rotatable bonds is 5. The van der Waals surface area contributed by atoms with E-state index in [1.54, 1.807) is 17.0 Å². The van der Waals surface area contributed by atoms with Gasteiger partial charge in [-0.05, 0) is 71.4 Å². The van der Waals surface area contributed by atoms with Crippen molar-refractivity contribution in [1.82, 2.24) is 14.7 Å². The zero-order chi connectivity index (χ0) is 21.2. The first-order chi connectivity index (χ1) is 13.6. The summed E-state index contributed by atoms with van der Waals surface area (Å²) in [5, 5.41) is 14.8. The zero-order valence-corrected chi connectivity index (χ0v) is 17.8. The number of carbonyl (C=O) groups excluding carboxylic acids is 1. The Morgan fingerprint density at radius 1 is 1.24 bits per heavy atom. The maximum atomic E-state index is 12.2. The van der Waals surface area contributed by atoms with E-state index in [0.717, 1.165) is 61.9 Å². The summed E-state index contributed by atoms with van der Waals surface area (Å²) in [5.41, 5.74) is 1.62. The van der Waals surface area contributed by atoms with Crippen molar-refractivity contribution in [2.45, 2.75) is 65.5 Å². The monoisotopic (exact) mass is 401 g/mol. The average Bonchev–Trinajstić information content (AvgIpc) is 2.96. The van der Waals surface area contributed by atoms with Gasteiger partial charge in [-0.2, -0.15) is 5.10 Å². The van der Waals surface area contributed by atoms with Crippen molar-refractivity contribution in [3.05, 3.63) is 29.5 Å². The Kier molecular flexibility index (Phi) is 6.15. The number of carboxylic acid groups (broad SMARTS) is 1. The highest BCUT2D eigenvalue weighted by Crippen LogP contribution is 2.25. The summed E-state index contributed by atoms with van der Waals surface area (Å²) in [7, 11) is 0. The molecule has 158 valence electrons. The third-order valence-corrected chi connectivity index (χ3v) is 5.43. The lowest BCUT2D eigenvalue weighted by molar-refractivity contribution is 0.0180. The second-order valence-electron chi connectivity index (χ2n) is 8.90. The van der Waals surface area contributed by atoms with Crippen LogP contribution in [0, 0.1) is 12.8 Å². The molecule has 1 aliphatic rings. The fourth-order valence-corrected chi connectivity index (χ4v) is 3.90. The summed E-state index contributed by atoms with van der Waals surface area (Å²) in [5.74, 6) is -0.333. The van der Waals surface area contributed by atoms with Crippen LogP contribution in [-0.2, 0) is 11.3 Å². The molecule has 1 saturated heterocycles. The Labute approximate surface area is 171 Å². The highest BCUT2D eigenvalue weighted by molar-refractivity contribution is 5.93. The van der Waals surface area contributed by atoms with Gasteiger partial charge in [-0.25, -0.2) is 9.59 Å². The van der Waals surface area contributed by atoms with E-state index in [1.165, 1.54) is 0 Å². The number of hydrogen-bond acceptors (Lipinski definition) is 4. The summed E-state index contributed by atoms with van der Waals surface area (Å²) < 4.78 is 7.38. The van der Waals surface area contributed by atoms with Gasteiger partial charge < -0.3 is 14.7 Å². The van der Waals surface area contributed by atoms with Gasteiger partial charge in [0.1, 0.15) is 5.60 Å². The molecule has 0 aliphatic carbocycles. The number of aryl methyl sites for hydroxylation is 2. The van der Waals surface area contributed by atoms with Gasteiger partial charge in [0.05, 0.1) is 16.8 Å². The third-order valence-electron chi connectivity index (χ3n) is 5.43. The molecule has 1 aromatic heterocycles. The van der Waals surface area contributed by atoms with Gasteiger partial charge in [0.2, 0.25) is 0 Å². The smallest absolute Gasteiger partial charge is 0.410 e. The predicted molar refractivity (Wildman–Crippen MR) is 111 cm³/mol. The van der Waals surface area contributed by atoms with Crippen LogP contribution in [0.4, 0.5) is 4.79 Å². The molecule has 29 heavy (non-hydrogen) atoms. The molecule has 0 radical (unpaired) electrons. The van der Waals surface area contributed by atoms with Gasteiger partial charge in [0.15, 0.2) is 0 Å². The van der Waals surface area contributed by atoms with Crippen molar-refractivity contribution >= 4 is 23.0 Å². The van der Waals surface area contributed by atoms with Crippen LogP contribution >= 0.6 is 0 Å². The van der Waals surface area contributed by atoms with Crippen LogP contribution in [0.3, 0.4) is 0 Å². The van der Waals surface area contributed by atoms with E-state index >= 15 is 0 Å². The summed E-state index contributed by atoms with van der Waals surface area (Å²) in [6, 6.07) is 5.17. The molecule has 0 atom stereocenters. The summed E-state index contributed by atoms with van der Waals surface area (Å²) in [6.07, 6.45) is 3.80. The first kappa shape index (κ1) is 21.1. The number of piperidine rings is 1. The van der Waals surface area contributed by atoms with Gasteiger partial charge in [-0.3, -0.25) is 4.68 Å². The Bertz CT molecular complexity index is 889. The van der Waals surface area contributed by atoms with E-state index in [2.05, 4.69) is 5.10 Å². The van der Waals surface area contributed by atoms with Crippen LogP contribution in [-0.4, -0.2) is 50.5 Å². The summed E-state index contributed by atoms with van der Waals surface area (Å²) in [4.78, 5) is 25.2. The molecule has 1 aliphatic heterocycles. The molecule has 1 N–H and O–H groups in total. The van der Waals surface area contributed by atoms with Gasteiger partial charge >= 0.3 is 12.1 Å². The minimum absolute atomic E-state index is 0.219. The van der Waals surface area contributed by atoms with E-state index in [-0.39, 0.29) is 11.7 Å². The molecule has 7 heteroatoms. The topological polar surface area (TPSA) is 84.7 Å². The summed E-state index contributed by atoms with van der Waals surface area (Å²) >= 11 is 0. The van der Waals surface area contributed by atoms with E-state index in [9.17, 15) is 14.7 Å². The number of nitrogens with zero attached hydrogens (tertiary/aromatic N) is 3. The number of ether oxygens (including phenoxy) is 1. The molecule has 2 heterocycles. The first-order valence-corrected chi connectivity index (χ1v) is 10.3. The molecular formula is C22H31N3O4. The number of aromatic carboxylic acids is 1. The van der Waals surface area contributed by atoms with Crippen LogP contribution in [0.5, 0.6) is 0 Å². The van der Waals surface area contributed by atoms with Crippen molar-refractivity contribution in [2.24, 2.45) is 5.92 Å². The molecular weight excluding hydrogens is 370 g/mol. The second kappa shape index (κ2) is 8.43. The highest BCUT2D eigenvalue weighted by atomic mass is 16.6. The number of aromatic nitrogens is 2. The molecule has 0 saturated carbocycles. The van der Waals surface area contributed by atoms with Gasteiger partial charge in [0.25, 0.3) is 0 Å². The van der Waals surface area contributed by atoms with Crippen molar-refractivity contribution in [3.63, 3.8) is 0 Å². The Morgan fingerprint density at radius 2 is 1.93 bits per heavy atom. The van der Waals surface area contributed by atoms with Crippen molar-refractivity contribution < 1.29 is 19.4 Å². The van der Waals surface area contributed by atoms with E-state index in [4.69, 9.17) is 4.74 Å². The summed E-state index contributed by atoms with van der Waals surface area (Å²) in [6.45, 7) is 9.86. The van der Waals surface area contributed by atoms with Gasteiger partial charge in [-0.1, -0.05) is 6.07 Å². The Hall–Kier alpha value is -2.57. The SMILES string of the molecule is Cc1nn(CCCC2CCN(C(=O)OC(C)(C)C)CC2)c2cc(C(=O)O)ccc12. The zero-order valence-electron chi connectivity index (χ0n) is 17.8. The van der Waals surface area contributed by atoms with Crippen LogP contribution in [0.25, 0.3) is 10.9 Å². The number of carboxylic acids is 1. The highest BCUT2D eigenvalue weighted by Gasteiger charge is 2.26. The van der Waals surface area contributed by atoms with E-state index < -0.39 is 11.6 Å².